The van der Waals surface area contributed by atoms with Gasteiger partial charge in [-0.15, -0.1) is 0 Å². The highest BCUT2D eigenvalue weighted by atomic mass is 16.5. The van der Waals surface area contributed by atoms with Crippen LogP contribution in [-0.2, 0) is 11.3 Å². The summed E-state index contributed by atoms with van der Waals surface area (Å²) in [7, 11) is 0. The van der Waals surface area contributed by atoms with Crippen LogP contribution in [0, 0.1) is 0 Å². The first-order valence-electron chi connectivity index (χ1n) is 8.29. The first kappa shape index (κ1) is 16.2. The molecule has 1 aliphatic rings. The second-order valence-electron chi connectivity index (χ2n) is 5.80. The number of rotatable bonds is 6. The largest absolute Gasteiger partial charge is 0.474 e. The van der Waals surface area contributed by atoms with Crippen LogP contribution in [0.15, 0.2) is 48.8 Å². The van der Waals surface area contributed by atoms with Gasteiger partial charge in [0.15, 0.2) is 0 Å². The molecule has 0 saturated heterocycles. The normalized spacial score (nSPS) is 14.8. The van der Waals surface area contributed by atoms with Crippen LogP contribution < -0.4 is 10.1 Å². The minimum Gasteiger partial charge on any atom is -0.474 e. The Kier molecular flexibility index (Phi) is 5.56. The van der Waals surface area contributed by atoms with E-state index < -0.39 is 0 Å². The van der Waals surface area contributed by atoms with Gasteiger partial charge in [0, 0.05) is 30.6 Å². The third-order valence-corrected chi connectivity index (χ3v) is 3.98. The molecule has 3 rings (SSSR count). The van der Waals surface area contributed by atoms with Gasteiger partial charge in [-0.2, -0.15) is 0 Å². The highest BCUT2D eigenvalue weighted by molar-refractivity contribution is 5.91. The van der Waals surface area contributed by atoms with E-state index in [1.54, 1.807) is 18.5 Å². The monoisotopic (exact) mass is 323 g/mol. The summed E-state index contributed by atoms with van der Waals surface area (Å²) in [6.07, 6.45) is 11.4. The Balaban J connectivity index is 1.56. The molecule has 0 atom stereocenters. The maximum absolute atomic E-state index is 12.0. The summed E-state index contributed by atoms with van der Waals surface area (Å²) in [5, 5.41) is 2.86. The molecule has 1 saturated carbocycles. The molecule has 0 radical (unpaired) electrons. The zero-order chi connectivity index (χ0) is 16.6. The van der Waals surface area contributed by atoms with E-state index >= 15 is 0 Å². The van der Waals surface area contributed by atoms with E-state index in [-0.39, 0.29) is 12.0 Å². The molecule has 0 bridgehead atoms. The van der Waals surface area contributed by atoms with Crippen molar-refractivity contribution in [1.82, 2.24) is 15.3 Å². The van der Waals surface area contributed by atoms with Crippen molar-refractivity contribution >= 4 is 12.0 Å². The number of nitrogens with zero attached hydrogens (tertiary/aromatic N) is 2. The molecule has 0 spiro atoms. The van der Waals surface area contributed by atoms with E-state index in [1.165, 1.54) is 18.9 Å². The molecule has 1 N–H and O–H groups in total. The Morgan fingerprint density at radius 2 is 2.00 bits per heavy atom. The van der Waals surface area contributed by atoms with Gasteiger partial charge in [0.05, 0.1) is 5.69 Å². The fourth-order valence-electron chi connectivity index (χ4n) is 2.71. The van der Waals surface area contributed by atoms with Gasteiger partial charge in [-0.05, 0) is 50.0 Å². The molecule has 0 unspecified atom stereocenters. The van der Waals surface area contributed by atoms with Gasteiger partial charge in [0.25, 0.3) is 0 Å². The molecule has 24 heavy (non-hydrogen) atoms. The van der Waals surface area contributed by atoms with E-state index in [1.807, 2.05) is 30.3 Å². The summed E-state index contributed by atoms with van der Waals surface area (Å²) in [6, 6.07) is 9.35. The molecule has 124 valence electrons. The van der Waals surface area contributed by atoms with Crippen molar-refractivity contribution in [2.24, 2.45) is 0 Å². The first-order chi connectivity index (χ1) is 11.8. The molecule has 1 aliphatic carbocycles. The Morgan fingerprint density at radius 1 is 1.17 bits per heavy atom. The molecule has 2 aromatic rings. The molecular formula is C19H21N3O2. The first-order valence-corrected chi connectivity index (χ1v) is 8.29. The lowest BCUT2D eigenvalue weighted by Crippen LogP contribution is -2.22. The van der Waals surface area contributed by atoms with Crippen LogP contribution in [0.25, 0.3) is 6.08 Å². The number of amides is 1. The maximum atomic E-state index is 12.0. The quantitative estimate of drug-likeness (QED) is 0.830. The predicted octanol–water partition coefficient (Wildman–Crippen LogP) is 3.13. The zero-order valence-electron chi connectivity index (χ0n) is 13.5. The Morgan fingerprint density at radius 3 is 2.79 bits per heavy atom. The molecule has 2 heterocycles. The average molecular weight is 323 g/mol. The lowest BCUT2D eigenvalue weighted by molar-refractivity contribution is -0.116. The number of ether oxygens (including phenoxy) is 1. The highest BCUT2D eigenvalue weighted by Gasteiger charge is 2.18. The van der Waals surface area contributed by atoms with Crippen LogP contribution in [0.5, 0.6) is 5.88 Å². The van der Waals surface area contributed by atoms with Crippen molar-refractivity contribution in [2.45, 2.75) is 38.3 Å². The number of aromatic nitrogens is 2. The third-order valence-electron chi connectivity index (χ3n) is 3.98. The maximum Gasteiger partial charge on any atom is 0.244 e. The molecule has 2 aromatic heterocycles. The molecule has 0 aromatic carbocycles. The smallest absolute Gasteiger partial charge is 0.244 e. The van der Waals surface area contributed by atoms with Crippen LogP contribution in [0.4, 0.5) is 0 Å². The summed E-state index contributed by atoms with van der Waals surface area (Å²) in [6.45, 7) is 0.390. The molecule has 0 aliphatic heterocycles. The number of carbonyl (C=O) groups excluding carboxylic acids is 1. The summed E-state index contributed by atoms with van der Waals surface area (Å²) in [4.78, 5) is 20.4. The van der Waals surface area contributed by atoms with E-state index in [2.05, 4.69) is 15.3 Å². The number of hydrogen-bond acceptors (Lipinski definition) is 4. The minimum atomic E-state index is -0.170. The number of nitrogens with one attached hydrogen (secondary N) is 1. The van der Waals surface area contributed by atoms with Gasteiger partial charge in [-0.1, -0.05) is 12.1 Å². The van der Waals surface area contributed by atoms with E-state index in [4.69, 9.17) is 4.74 Å². The van der Waals surface area contributed by atoms with Crippen LogP contribution in [0.1, 0.15) is 36.9 Å². The Bertz CT molecular complexity index is 695. The van der Waals surface area contributed by atoms with Crippen LogP contribution in [0.3, 0.4) is 0 Å². The van der Waals surface area contributed by atoms with Gasteiger partial charge in [-0.3, -0.25) is 9.78 Å². The molecule has 5 heteroatoms. The second kappa shape index (κ2) is 8.24. The number of carbonyl (C=O) groups is 1. The molecule has 5 nitrogen and oxygen atoms in total. The third kappa shape index (κ3) is 4.65. The summed E-state index contributed by atoms with van der Waals surface area (Å²) in [5.41, 5.74) is 1.64. The van der Waals surface area contributed by atoms with Crippen LogP contribution in [0.2, 0.25) is 0 Å². The van der Waals surface area contributed by atoms with Gasteiger partial charge >= 0.3 is 0 Å². The number of hydrogen-bond donors (Lipinski definition) is 1. The topological polar surface area (TPSA) is 64.1 Å². The van der Waals surface area contributed by atoms with E-state index in [0.717, 1.165) is 24.1 Å². The lowest BCUT2D eigenvalue weighted by Gasteiger charge is -2.15. The van der Waals surface area contributed by atoms with Gasteiger partial charge < -0.3 is 10.1 Å². The fraction of sp³-hybridized carbons (Fsp3) is 0.316. The van der Waals surface area contributed by atoms with Gasteiger partial charge in [0.2, 0.25) is 11.8 Å². The minimum absolute atomic E-state index is 0.170. The predicted molar refractivity (Wildman–Crippen MR) is 92.2 cm³/mol. The summed E-state index contributed by atoms with van der Waals surface area (Å²) in [5.74, 6) is 0.453. The van der Waals surface area contributed by atoms with Gasteiger partial charge in [-0.25, -0.2) is 4.98 Å². The van der Waals surface area contributed by atoms with Crippen LogP contribution in [-0.4, -0.2) is 22.0 Å². The average Bonchev–Trinajstić information content (AvgIpc) is 3.13. The van der Waals surface area contributed by atoms with Crippen molar-refractivity contribution in [3.05, 3.63) is 60.1 Å². The summed E-state index contributed by atoms with van der Waals surface area (Å²) >= 11 is 0. The van der Waals surface area contributed by atoms with Crippen molar-refractivity contribution < 1.29 is 9.53 Å². The van der Waals surface area contributed by atoms with Gasteiger partial charge in [0.1, 0.15) is 6.10 Å². The standard InChI is InChI=1S/C19H21N3O2/c23-18(11-10-16-7-3-4-12-20-16)22-14-15-6-5-13-21-19(15)24-17-8-1-2-9-17/h3-7,10-13,17H,1-2,8-9,14H2,(H,22,23)/b11-10+. The Labute approximate surface area is 141 Å². The fourth-order valence-corrected chi connectivity index (χ4v) is 2.71. The molecular weight excluding hydrogens is 302 g/mol. The van der Waals surface area contributed by atoms with Crippen molar-refractivity contribution in [3.63, 3.8) is 0 Å². The SMILES string of the molecule is O=C(/C=C/c1ccccn1)NCc1cccnc1OC1CCCC1. The zero-order valence-corrected chi connectivity index (χ0v) is 13.5. The van der Waals surface area contributed by atoms with Crippen LogP contribution >= 0.6 is 0 Å². The number of pyridine rings is 2. The summed E-state index contributed by atoms with van der Waals surface area (Å²) < 4.78 is 5.98. The lowest BCUT2D eigenvalue weighted by atomic mass is 10.2. The highest BCUT2D eigenvalue weighted by Crippen LogP contribution is 2.24. The van der Waals surface area contributed by atoms with E-state index in [0.29, 0.717) is 12.4 Å². The van der Waals surface area contributed by atoms with Crippen molar-refractivity contribution in [2.75, 3.05) is 0 Å². The van der Waals surface area contributed by atoms with Crippen molar-refractivity contribution in [3.8, 4) is 5.88 Å². The van der Waals surface area contributed by atoms with E-state index in [9.17, 15) is 4.79 Å². The molecule has 1 amide bonds. The second-order valence-corrected chi connectivity index (χ2v) is 5.80. The van der Waals surface area contributed by atoms with Crippen molar-refractivity contribution in [1.29, 1.82) is 0 Å². The molecule has 1 fully saturated rings. The Hall–Kier alpha value is -2.69.